The fourth-order valence-corrected chi connectivity index (χ4v) is 2.57. The van der Waals surface area contributed by atoms with E-state index in [1.807, 2.05) is 0 Å². The molecule has 1 rings (SSSR count). The number of hydrogen-bond donors (Lipinski definition) is 2. The highest BCUT2D eigenvalue weighted by Crippen LogP contribution is 2.37. The lowest BCUT2D eigenvalue weighted by atomic mass is 9.86. The number of aliphatic carboxylic acids is 1. The monoisotopic (exact) mass is 371 g/mol. The fraction of sp³-hybridized carbons (Fsp3) is 0.562. The number of carboxylic acids is 1. The van der Waals surface area contributed by atoms with Crippen molar-refractivity contribution in [2.45, 2.75) is 38.5 Å². The number of nitrogens with two attached hydrogens (primary N) is 1. The first-order valence-electron chi connectivity index (χ1n) is 7.59. The van der Waals surface area contributed by atoms with Crippen LogP contribution in [0, 0.1) is 11.8 Å². The van der Waals surface area contributed by atoms with Gasteiger partial charge in [0.15, 0.2) is 0 Å². The molecule has 3 nitrogen and oxygen atoms in total. The van der Waals surface area contributed by atoms with Gasteiger partial charge in [-0.15, -0.1) is 0 Å². The molecule has 0 aliphatic rings. The lowest BCUT2D eigenvalue weighted by molar-refractivity contribution is -0.143. The van der Waals surface area contributed by atoms with Crippen molar-refractivity contribution in [1.82, 2.24) is 0 Å². The minimum atomic E-state index is -4.90. The second kappa shape index (κ2) is 8.07. The zero-order chi connectivity index (χ0) is 19.4. The van der Waals surface area contributed by atoms with Crippen molar-refractivity contribution in [2.75, 3.05) is 6.54 Å². The van der Waals surface area contributed by atoms with Crippen molar-refractivity contribution >= 4 is 5.97 Å². The summed E-state index contributed by atoms with van der Waals surface area (Å²) in [5.41, 5.74) is 2.48. The van der Waals surface area contributed by atoms with Gasteiger partial charge in [0.05, 0.1) is 17.0 Å². The zero-order valence-electron chi connectivity index (χ0n) is 13.4. The number of alkyl halides is 6. The average Bonchev–Trinajstić information content (AvgIpc) is 2.48. The smallest absolute Gasteiger partial charge is 0.416 e. The van der Waals surface area contributed by atoms with E-state index in [-0.39, 0.29) is 31.0 Å². The number of halogens is 6. The molecule has 2 unspecified atom stereocenters. The molecule has 0 amide bonds. The summed E-state index contributed by atoms with van der Waals surface area (Å²) >= 11 is 0. The van der Waals surface area contributed by atoms with E-state index in [0.29, 0.717) is 18.6 Å². The lowest BCUT2D eigenvalue weighted by Crippen LogP contribution is -2.26. The van der Waals surface area contributed by atoms with Gasteiger partial charge in [-0.05, 0) is 42.5 Å². The van der Waals surface area contributed by atoms with Gasteiger partial charge in [-0.3, -0.25) is 4.79 Å². The van der Waals surface area contributed by atoms with Crippen LogP contribution in [0.15, 0.2) is 18.2 Å². The second-order valence-electron chi connectivity index (χ2n) is 5.90. The van der Waals surface area contributed by atoms with Crippen molar-refractivity contribution in [1.29, 1.82) is 0 Å². The molecule has 2 atom stereocenters. The number of rotatable bonds is 7. The molecule has 0 heterocycles. The molecule has 0 aromatic heterocycles. The van der Waals surface area contributed by atoms with E-state index in [1.54, 1.807) is 6.92 Å². The Bertz CT molecular complexity index is 565. The molecule has 0 spiro atoms. The summed E-state index contributed by atoms with van der Waals surface area (Å²) in [6.07, 6.45) is -9.41. The predicted octanol–water partition coefficient (Wildman–Crippen LogP) is 4.34. The molecule has 0 radical (unpaired) electrons. The molecule has 3 N–H and O–H groups in total. The first kappa shape index (κ1) is 21.3. The van der Waals surface area contributed by atoms with Crippen molar-refractivity contribution in [2.24, 2.45) is 17.6 Å². The van der Waals surface area contributed by atoms with Gasteiger partial charge in [-0.1, -0.05) is 13.3 Å². The predicted molar refractivity (Wildman–Crippen MR) is 78.7 cm³/mol. The average molecular weight is 371 g/mol. The van der Waals surface area contributed by atoms with Gasteiger partial charge < -0.3 is 10.8 Å². The van der Waals surface area contributed by atoms with Gasteiger partial charge in [0.2, 0.25) is 0 Å². The van der Waals surface area contributed by atoms with Gasteiger partial charge >= 0.3 is 18.3 Å². The van der Waals surface area contributed by atoms with E-state index in [9.17, 15) is 31.1 Å². The van der Waals surface area contributed by atoms with E-state index >= 15 is 0 Å². The highest BCUT2D eigenvalue weighted by atomic mass is 19.4. The van der Waals surface area contributed by atoms with Crippen molar-refractivity contribution in [3.05, 3.63) is 34.9 Å². The largest absolute Gasteiger partial charge is 0.481 e. The van der Waals surface area contributed by atoms with Crippen LogP contribution in [0.25, 0.3) is 0 Å². The van der Waals surface area contributed by atoms with Crippen molar-refractivity contribution in [3.63, 3.8) is 0 Å². The van der Waals surface area contributed by atoms with Crippen LogP contribution in [0.5, 0.6) is 0 Å². The van der Waals surface area contributed by atoms with Crippen LogP contribution < -0.4 is 5.73 Å². The maximum absolute atomic E-state index is 12.9. The molecule has 0 saturated carbocycles. The van der Waals surface area contributed by atoms with Gasteiger partial charge in [0, 0.05) is 6.54 Å². The van der Waals surface area contributed by atoms with E-state index in [1.165, 1.54) is 0 Å². The fourth-order valence-electron chi connectivity index (χ4n) is 2.57. The van der Waals surface area contributed by atoms with Crippen LogP contribution in [-0.2, 0) is 23.6 Å². The summed E-state index contributed by atoms with van der Waals surface area (Å²) in [6, 6.07) is 1.43. The Morgan fingerprint density at radius 2 is 1.56 bits per heavy atom. The molecule has 25 heavy (non-hydrogen) atoms. The Hall–Kier alpha value is -1.77. The third kappa shape index (κ3) is 6.22. The van der Waals surface area contributed by atoms with Crippen LogP contribution in [0.2, 0.25) is 0 Å². The third-order valence-electron chi connectivity index (χ3n) is 4.00. The quantitative estimate of drug-likeness (QED) is 0.701. The van der Waals surface area contributed by atoms with Crippen molar-refractivity contribution < 1.29 is 36.2 Å². The SMILES string of the molecule is CCC(Cc1cc(C(F)(F)F)cc(C(F)(F)F)c1)CC(CN)C(=O)O. The number of carboxylic acid groups (broad SMARTS) is 1. The Balaban J connectivity index is 3.15. The highest BCUT2D eigenvalue weighted by molar-refractivity contribution is 5.70. The van der Waals surface area contributed by atoms with Crippen LogP contribution in [0.4, 0.5) is 26.3 Å². The summed E-state index contributed by atoms with van der Waals surface area (Å²) in [4.78, 5) is 11.0. The van der Waals surface area contributed by atoms with Crippen LogP contribution in [-0.4, -0.2) is 17.6 Å². The maximum Gasteiger partial charge on any atom is 0.416 e. The Labute approximate surface area is 140 Å². The van der Waals surface area contributed by atoms with Crippen molar-refractivity contribution in [3.8, 4) is 0 Å². The van der Waals surface area contributed by atoms with E-state index in [0.717, 1.165) is 0 Å². The minimum absolute atomic E-state index is 0.0738. The molecule has 0 saturated heterocycles. The van der Waals surface area contributed by atoms with Crippen LogP contribution >= 0.6 is 0 Å². The van der Waals surface area contributed by atoms with Gasteiger partial charge in [-0.25, -0.2) is 0 Å². The normalized spacial score (nSPS) is 15.0. The van der Waals surface area contributed by atoms with E-state index in [2.05, 4.69) is 0 Å². The topological polar surface area (TPSA) is 63.3 Å². The Morgan fingerprint density at radius 3 is 1.88 bits per heavy atom. The zero-order valence-corrected chi connectivity index (χ0v) is 13.4. The molecule has 0 bridgehead atoms. The Morgan fingerprint density at radius 1 is 1.08 bits per heavy atom. The van der Waals surface area contributed by atoms with E-state index in [4.69, 9.17) is 10.8 Å². The molecule has 9 heteroatoms. The molecule has 0 aliphatic carbocycles. The van der Waals surface area contributed by atoms with Gasteiger partial charge in [0.25, 0.3) is 0 Å². The molecule has 0 aliphatic heterocycles. The van der Waals surface area contributed by atoms with Crippen LogP contribution in [0.1, 0.15) is 36.5 Å². The van der Waals surface area contributed by atoms with E-state index < -0.39 is 41.3 Å². The number of carbonyl (C=O) groups is 1. The molecule has 0 fully saturated rings. The standard InChI is InChI=1S/C16H19F6NO2/c1-2-9(4-11(8-23)14(24)25)3-10-5-12(15(17,18)19)7-13(6-10)16(20,21)22/h5-7,9,11H,2-4,8,23H2,1H3,(H,24,25). The minimum Gasteiger partial charge on any atom is -0.481 e. The van der Waals surface area contributed by atoms with Gasteiger partial charge in [0.1, 0.15) is 0 Å². The summed E-state index contributed by atoms with van der Waals surface area (Å²) in [5.74, 6) is -2.42. The molecule has 1 aromatic rings. The summed E-state index contributed by atoms with van der Waals surface area (Å²) in [7, 11) is 0. The highest BCUT2D eigenvalue weighted by Gasteiger charge is 2.37. The second-order valence-corrected chi connectivity index (χ2v) is 5.90. The molecule has 142 valence electrons. The summed E-state index contributed by atoms with van der Waals surface area (Å²) < 4.78 is 77.2. The van der Waals surface area contributed by atoms with Crippen LogP contribution in [0.3, 0.4) is 0 Å². The first-order chi connectivity index (χ1) is 11.4. The molecule has 1 aromatic carbocycles. The molecular weight excluding hydrogens is 352 g/mol. The third-order valence-corrected chi connectivity index (χ3v) is 4.00. The number of hydrogen-bond acceptors (Lipinski definition) is 2. The first-order valence-corrected chi connectivity index (χ1v) is 7.59. The summed E-state index contributed by atoms with van der Waals surface area (Å²) in [6.45, 7) is 1.54. The lowest BCUT2D eigenvalue weighted by Gasteiger charge is -2.20. The molecular formula is C16H19F6NO2. The van der Waals surface area contributed by atoms with Gasteiger partial charge in [-0.2, -0.15) is 26.3 Å². The summed E-state index contributed by atoms with van der Waals surface area (Å²) in [5, 5.41) is 9.01. The Kier molecular flexibility index (Phi) is 6.87. The maximum atomic E-state index is 12.9. The number of benzene rings is 1.